The van der Waals surface area contributed by atoms with E-state index in [0.717, 1.165) is 57.8 Å². The summed E-state index contributed by atoms with van der Waals surface area (Å²) < 4.78 is 33.2. The number of rotatable bonds is 71. The highest BCUT2D eigenvalue weighted by atomic mass is 31.2. The van der Waals surface area contributed by atoms with E-state index in [2.05, 4.69) is 86.8 Å². The Labute approximate surface area is 539 Å². The second kappa shape index (κ2) is 72.5. The van der Waals surface area contributed by atoms with Crippen molar-refractivity contribution in [1.29, 1.82) is 0 Å². The summed E-state index contributed by atoms with van der Waals surface area (Å²) in [5.74, 6) is -0.817. The Bertz CT molecular complexity index is 1660. The maximum Gasteiger partial charge on any atom is 0.472 e. The van der Waals surface area contributed by atoms with Crippen molar-refractivity contribution in [3.8, 4) is 0 Å². The van der Waals surface area contributed by atoms with Gasteiger partial charge in [0.05, 0.1) is 13.2 Å². The van der Waals surface area contributed by atoms with E-state index < -0.39 is 26.5 Å². The molecule has 0 fully saturated rings. The Kier molecular flexibility index (Phi) is 70.4. The SMILES string of the molecule is CCCCCCC/C=C\C/C=C\C/C=C\CCCCCCCCCCCCCCCCCCCCCCCCCCCCC(=O)OC(COC(=O)CCCCCCCCCCCC/C=C\C/C=C\C/C=C\CCCCCCC)COP(=O)(O)OCCN. The number of unbranched alkanes of at least 4 members (excludes halogenated alkanes) is 46. The van der Waals surface area contributed by atoms with Gasteiger partial charge in [0.25, 0.3) is 0 Å². The molecule has 2 atom stereocenters. The third kappa shape index (κ3) is 72.4. The first kappa shape index (κ1) is 84.5. The van der Waals surface area contributed by atoms with Gasteiger partial charge in [-0.15, -0.1) is 0 Å². The van der Waals surface area contributed by atoms with Crippen LogP contribution in [0.5, 0.6) is 0 Å². The number of ether oxygens (including phenoxy) is 2. The van der Waals surface area contributed by atoms with E-state index in [4.69, 9.17) is 24.3 Å². The summed E-state index contributed by atoms with van der Waals surface area (Å²) in [5, 5.41) is 0. The molecule has 0 aromatic heterocycles. The predicted molar refractivity (Wildman–Crippen MR) is 376 cm³/mol. The van der Waals surface area contributed by atoms with Crippen LogP contribution in [-0.2, 0) is 32.7 Å². The summed E-state index contributed by atoms with van der Waals surface area (Å²) in [7, 11) is -4.40. The third-order valence-electron chi connectivity index (χ3n) is 16.6. The Balaban J connectivity index is 3.78. The first-order valence-electron chi connectivity index (χ1n) is 37.4. The van der Waals surface area contributed by atoms with Gasteiger partial charge in [-0.2, -0.15) is 0 Å². The molecular weight excluding hydrogens is 1100 g/mol. The molecule has 0 aliphatic rings. The van der Waals surface area contributed by atoms with Gasteiger partial charge in [-0.1, -0.05) is 344 Å². The first-order chi connectivity index (χ1) is 42.8. The lowest BCUT2D eigenvalue weighted by Crippen LogP contribution is -2.29. The molecule has 10 heteroatoms. The Morgan fingerprint density at radius 2 is 0.598 bits per heavy atom. The molecule has 0 aliphatic heterocycles. The van der Waals surface area contributed by atoms with Crippen LogP contribution in [0.25, 0.3) is 0 Å². The summed E-state index contributed by atoms with van der Waals surface area (Å²) in [5.41, 5.74) is 5.41. The topological polar surface area (TPSA) is 134 Å². The lowest BCUT2D eigenvalue weighted by Gasteiger charge is -2.19. The van der Waals surface area contributed by atoms with Gasteiger partial charge >= 0.3 is 19.8 Å². The molecule has 0 aliphatic carbocycles. The van der Waals surface area contributed by atoms with Crippen molar-refractivity contribution in [2.24, 2.45) is 5.73 Å². The van der Waals surface area contributed by atoms with E-state index in [1.165, 1.54) is 283 Å². The molecule has 0 heterocycles. The highest BCUT2D eigenvalue weighted by molar-refractivity contribution is 7.47. The number of carbonyl (C=O) groups excluding carboxylic acids is 2. The van der Waals surface area contributed by atoms with Gasteiger partial charge in [-0.05, 0) is 89.9 Å². The molecule has 0 spiro atoms. The summed E-state index contributed by atoms with van der Waals surface area (Å²) in [6.45, 7) is 3.77. The molecule has 0 aromatic rings. The van der Waals surface area contributed by atoms with Crippen molar-refractivity contribution in [2.45, 2.75) is 380 Å². The quantitative estimate of drug-likeness (QED) is 0.0264. The van der Waals surface area contributed by atoms with Gasteiger partial charge in [0.2, 0.25) is 0 Å². The van der Waals surface area contributed by atoms with Crippen molar-refractivity contribution in [2.75, 3.05) is 26.4 Å². The van der Waals surface area contributed by atoms with Crippen LogP contribution in [0.15, 0.2) is 72.9 Å². The maximum absolute atomic E-state index is 12.8. The highest BCUT2D eigenvalue weighted by Gasteiger charge is 2.26. The zero-order valence-corrected chi connectivity index (χ0v) is 58.2. The molecule has 87 heavy (non-hydrogen) atoms. The minimum atomic E-state index is -4.40. The van der Waals surface area contributed by atoms with Gasteiger partial charge < -0.3 is 20.1 Å². The van der Waals surface area contributed by atoms with Crippen LogP contribution in [0.4, 0.5) is 0 Å². The van der Waals surface area contributed by atoms with Crippen LogP contribution in [0.3, 0.4) is 0 Å². The van der Waals surface area contributed by atoms with Crippen molar-refractivity contribution >= 4 is 19.8 Å². The average Bonchev–Trinajstić information content (AvgIpc) is 3.65. The number of hydrogen-bond acceptors (Lipinski definition) is 8. The number of hydrogen-bond donors (Lipinski definition) is 2. The lowest BCUT2D eigenvalue weighted by atomic mass is 10.0. The normalized spacial score (nSPS) is 13.3. The van der Waals surface area contributed by atoms with Crippen LogP contribution in [0, 0.1) is 0 Å². The van der Waals surface area contributed by atoms with E-state index in [9.17, 15) is 19.0 Å². The Morgan fingerprint density at radius 1 is 0.345 bits per heavy atom. The van der Waals surface area contributed by atoms with Crippen LogP contribution in [0.1, 0.15) is 373 Å². The van der Waals surface area contributed by atoms with E-state index in [0.29, 0.717) is 6.42 Å². The van der Waals surface area contributed by atoms with Gasteiger partial charge in [-0.3, -0.25) is 18.6 Å². The molecule has 2 unspecified atom stereocenters. The molecule has 9 nitrogen and oxygen atoms in total. The van der Waals surface area contributed by atoms with E-state index in [-0.39, 0.29) is 38.6 Å². The van der Waals surface area contributed by atoms with Crippen molar-refractivity contribution < 1.29 is 37.6 Å². The Morgan fingerprint density at radius 3 is 0.885 bits per heavy atom. The molecule has 0 radical (unpaired) electrons. The molecule has 0 saturated heterocycles. The number of carbonyl (C=O) groups is 2. The lowest BCUT2D eigenvalue weighted by molar-refractivity contribution is -0.161. The summed E-state index contributed by atoms with van der Waals surface area (Å²) in [6, 6.07) is 0. The molecule has 0 rings (SSSR count). The fraction of sp³-hybridized carbons (Fsp3) is 0.818. The fourth-order valence-corrected chi connectivity index (χ4v) is 11.8. The molecule has 0 amide bonds. The van der Waals surface area contributed by atoms with Gasteiger partial charge in [-0.25, -0.2) is 4.57 Å². The first-order valence-corrected chi connectivity index (χ1v) is 38.9. The minimum absolute atomic E-state index is 0.0528. The largest absolute Gasteiger partial charge is 0.472 e. The minimum Gasteiger partial charge on any atom is -0.462 e. The number of allylic oxidation sites excluding steroid dienone is 12. The van der Waals surface area contributed by atoms with Crippen LogP contribution < -0.4 is 5.73 Å². The maximum atomic E-state index is 12.8. The zero-order chi connectivity index (χ0) is 63.0. The third-order valence-corrected chi connectivity index (χ3v) is 17.5. The number of esters is 2. The second-order valence-corrected chi connectivity index (χ2v) is 26.6. The highest BCUT2D eigenvalue weighted by Crippen LogP contribution is 2.43. The van der Waals surface area contributed by atoms with Crippen LogP contribution >= 0.6 is 7.82 Å². The number of phosphoric acid groups is 1. The summed E-state index contributed by atoms with van der Waals surface area (Å²) >= 11 is 0. The molecular formula is C77H142NO8P. The van der Waals surface area contributed by atoms with Crippen LogP contribution in [-0.4, -0.2) is 49.3 Å². The van der Waals surface area contributed by atoms with Gasteiger partial charge in [0, 0.05) is 19.4 Å². The zero-order valence-electron chi connectivity index (χ0n) is 57.3. The van der Waals surface area contributed by atoms with Crippen molar-refractivity contribution in [3.05, 3.63) is 72.9 Å². The molecule has 0 bridgehead atoms. The standard InChI is InChI=1S/C77H142NO8P/c1-3-5-7-9-11-13-15-17-19-21-23-25-27-29-30-31-32-33-34-35-36-37-38-39-40-41-42-43-44-46-48-50-52-54-56-58-60-62-64-66-68-70-77(80)86-75(74-85-87(81,82)84-72-71-78)73-83-76(79)69-67-65-63-61-59-57-55-53-51-49-47-45-28-26-24-22-20-18-16-14-12-10-8-6-4-2/h15-18,21-24,27-29,45,75H,3-14,19-20,25-26,30-44,46-74,78H2,1-2H3,(H,81,82)/b17-15-,18-16-,23-21-,24-22-,29-27-,45-28-. The smallest absolute Gasteiger partial charge is 0.462 e. The van der Waals surface area contributed by atoms with Gasteiger partial charge in [0.1, 0.15) is 6.61 Å². The van der Waals surface area contributed by atoms with Crippen molar-refractivity contribution in [3.63, 3.8) is 0 Å². The van der Waals surface area contributed by atoms with E-state index in [1.54, 1.807) is 0 Å². The molecule has 0 aromatic carbocycles. The van der Waals surface area contributed by atoms with Crippen LogP contribution in [0.2, 0.25) is 0 Å². The molecule has 508 valence electrons. The predicted octanol–water partition coefficient (Wildman–Crippen LogP) is 24.8. The van der Waals surface area contributed by atoms with Gasteiger partial charge in [0.15, 0.2) is 6.10 Å². The molecule has 0 saturated carbocycles. The van der Waals surface area contributed by atoms with Crippen molar-refractivity contribution in [1.82, 2.24) is 0 Å². The monoisotopic (exact) mass is 1240 g/mol. The fourth-order valence-electron chi connectivity index (χ4n) is 11.0. The summed E-state index contributed by atoms with van der Waals surface area (Å²) in [6.07, 6.45) is 95.9. The molecule has 3 N–H and O–H groups in total. The average molecular weight is 1240 g/mol. The number of nitrogens with two attached hydrogens (primary N) is 1. The van der Waals surface area contributed by atoms with E-state index >= 15 is 0 Å². The Hall–Kier alpha value is -2.55. The second-order valence-electron chi connectivity index (χ2n) is 25.2. The number of phosphoric ester groups is 1. The summed E-state index contributed by atoms with van der Waals surface area (Å²) in [4.78, 5) is 35.4. The van der Waals surface area contributed by atoms with E-state index in [1.807, 2.05) is 0 Å².